The summed E-state index contributed by atoms with van der Waals surface area (Å²) in [4.78, 5) is 30.0. The number of nitrogens with one attached hydrogen (secondary N) is 1. The topological polar surface area (TPSA) is 114 Å². The quantitative estimate of drug-likeness (QED) is 0.295. The summed E-state index contributed by atoms with van der Waals surface area (Å²) < 4.78 is 5.33. The van der Waals surface area contributed by atoms with Crippen LogP contribution in [0.2, 0.25) is 0 Å². The Hall–Kier alpha value is -3.94. The van der Waals surface area contributed by atoms with Crippen LogP contribution in [0.4, 0.5) is 5.88 Å². The van der Waals surface area contributed by atoms with Crippen molar-refractivity contribution in [1.29, 1.82) is 0 Å². The molecule has 0 aliphatic rings. The fourth-order valence-corrected chi connectivity index (χ4v) is 3.30. The monoisotopic (exact) mass is 447 g/mol. The summed E-state index contributed by atoms with van der Waals surface area (Å²) in [6.07, 6.45) is 0.970. The minimum atomic E-state index is -0.0168. The average molecular weight is 448 g/mol. The van der Waals surface area contributed by atoms with Gasteiger partial charge in [0.1, 0.15) is 0 Å². The molecule has 2 aromatic carbocycles. The Balaban J connectivity index is 1.59. The molecule has 8 heteroatoms. The van der Waals surface area contributed by atoms with E-state index in [1.807, 2.05) is 61.5 Å². The van der Waals surface area contributed by atoms with Gasteiger partial charge < -0.3 is 15.2 Å². The highest BCUT2D eigenvalue weighted by Crippen LogP contribution is 2.23. The van der Waals surface area contributed by atoms with Gasteiger partial charge in [0.05, 0.1) is 12.2 Å². The molecule has 33 heavy (non-hydrogen) atoms. The molecule has 0 radical (unpaired) electrons. The maximum Gasteiger partial charge on any atom is 0.231 e. The lowest BCUT2D eigenvalue weighted by Crippen LogP contribution is -2.25. The largest absolute Gasteiger partial charge is 0.370 e. The first kappa shape index (κ1) is 23.7. The predicted octanol–water partition coefficient (Wildman–Crippen LogP) is 3.46. The Morgan fingerprint density at radius 2 is 1.82 bits per heavy atom. The molecule has 0 aliphatic carbocycles. The Kier molecular flexibility index (Phi) is 7.96. The second kappa shape index (κ2) is 11.1. The minimum absolute atomic E-state index is 0.0000643. The summed E-state index contributed by atoms with van der Waals surface area (Å²) in [6, 6.07) is 18.7. The van der Waals surface area contributed by atoms with Gasteiger partial charge in [0.25, 0.3) is 0 Å². The van der Waals surface area contributed by atoms with E-state index in [0.717, 1.165) is 11.3 Å². The Bertz CT molecular complexity index is 1120. The van der Waals surface area contributed by atoms with E-state index in [1.54, 1.807) is 20.2 Å². The summed E-state index contributed by atoms with van der Waals surface area (Å²) in [5.41, 5.74) is 8.98. The molecule has 0 spiro atoms. The Morgan fingerprint density at radius 1 is 1.09 bits per heavy atom. The van der Waals surface area contributed by atoms with Crippen LogP contribution in [0, 0.1) is 0 Å². The van der Waals surface area contributed by atoms with Crippen LogP contribution in [0.25, 0.3) is 0 Å². The van der Waals surface area contributed by atoms with Crippen LogP contribution >= 0.6 is 0 Å². The van der Waals surface area contributed by atoms with Gasteiger partial charge in [-0.15, -0.1) is 0 Å². The maximum atomic E-state index is 12.7. The third-order valence-electron chi connectivity index (χ3n) is 5.16. The van der Waals surface area contributed by atoms with E-state index in [1.165, 1.54) is 4.90 Å². The lowest BCUT2D eigenvalue weighted by molar-refractivity contribution is -0.128. The van der Waals surface area contributed by atoms with E-state index in [4.69, 9.17) is 10.3 Å². The predicted molar refractivity (Wildman–Crippen MR) is 128 cm³/mol. The molecule has 3 rings (SSSR count). The van der Waals surface area contributed by atoms with Crippen molar-refractivity contribution in [3.05, 3.63) is 83.0 Å². The normalized spacial score (nSPS) is 12.3. The smallest absolute Gasteiger partial charge is 0.231 e. The van der Waals surface area contributed by atoms with Crippen molar-refractivity contribution in [2.75, 3.05) is 26.0 Å². The van der Waals surface area contributed by atoms with Crippen molar-refractivity contribution in [2.45, 2.75) is 25.7 Å². The highest BCUT2D eigenvalue weighted by molar-refractivity contribution is 6.09. The molecule has 172 valence electrons. The first-order valence-corrected chi connectivity index (χ1v) is 10.8. The fraction of sp³-hybridized carbons (Fsp3) is 0.280. The van der Waals surface area contributed by atoms with E-state index < -0.39 is 0 Å². The van der Waals surface area contributed by atoms with E-state index in [0.29, 0.717) is 23.4 Å². The Morgan fingerprint density at radius 3 is 2.55 bits per heavy atom. The van der Waals surface area contributed by atoms with Crippen molar-refractivity contribution in [3.63, 3.8) is 0 Å². The molecule has 0 bridgehead atoms. The molecule has 3 N–H and O–H groups in total. The molecule has 1 aromatic heterocycles. The SMILES string of the molecule is CC(Cc1cccc(C(=O)c2ccccc2)c1)c1cc(NC(N)=NCCC(=O)N(C)C)on1. The number of amides is 1. The highest BCUT2D eigenvalue weighted by atomic mass is 16.5. The molecule has 0 saturated heterocycles. The third-order valence-corrected chi connectivity index (χ3v) is 5.16. The van der Waals surface area contributed by atoms with Crippen LogP contribution in [-0.4, -0.2) is 48.3 Å². The number of rotatable bonds is 9. The molecule has 1 heterocycles. The standard InChI is InChI=1S/C25H29N5O3/c1-17(14-18-8-7-11-20(15-18)24(32)19-9-5-4-6-10-19)21-16-22(33-29-21)28-25(26)27-13-12-23(31)30(2)3/h4-11,15-17H,12-14H2,1-3H3,(H3,26,27,28). The number of carbonyl (C=O) groups excluding carboxylic acids is 2. The van der Waals surface area contributed by atoms with E-state index >= 15 is 0 Å². The van der Waals surface area contributed by atoms with Crippen LogP contribution in [0.3, 0.4) is 0 Å². The summed E-state index contributed by atoms with van der Waals surface area (Å²) in [5.74, 6) is 0.577. The number of ketones is 1. The number of guanidine groups is 1. The molecular weight excluding hydrogens is 418 g/mol. The zero-order chi connectivity index (χ0) is 23.8. The van der Waals surface area contributed by atoms with Crippen molar-refractivity contribution in [3.8, 4) is 0 Å². The second-order valence-electron chi connectivity index (χ2n) is 8.05. The van der Waals surface area contributed by atoms with Crippen molar-refractivity contribution in [2.24, 2.45) is 10.7 Å². The fourth-order valence-electron chi connectivity index (χ4n) is 3.30. The van der Waals surface area contributed by atoms with Crippen LogP contribution < -0.4 is 11.1 Å². The van der Waals surface area contributed by atoms with Crippen molar-refractivity contribution >= 4 is 23.5 Å². The maximum absolute atomic E-state index is 12.7. The van der Waals surface area contributed by atoms with Gasteiger partial charge in [-0.2, -0.15) is 0 Å². The molecule has 0 aliphatic heterocycles. The zero-order valence-corrected chi connectivity index (χ0v) is 19.1. The Labute approximate surface area is 193 Å². The number of carbonyl (C=O) groups is 2. The van der Waals surface area contributed by atoms with E-state index in [9.17, 15) is 9.59 Å². The van der Waals surface area contributed by atoms with Crippen LogP contribution in [0.5, 0.6) is 0 Å². The lowest BCUT2D eigenvalue weighted by atomic mass is 9.95. The summed E-state index contributed by atoms with van der Waals surface area (Å²) >= 11 is 0. The van der Waals surface area contributed by atoms with Gasteiger partial charge >= 0.3 is 0 Å². The first-order chi connectivity index (χ1) is 15.8. The number of aromatic nitrogens is 1. The summed E-state index contributed by atoms with van der Waals surface area (Å²) in [5, 5.41) is 6.98. The highest BCUT2D eigenvalue weighted by Gasteiger charge is 2.15. The number of nitrogens with zero attached hydrogens (tertiary/aromatic N) is 3. The molecule has 3 aromatic rings. The van der Waals surface area contributed by atoms with Gasteiger partial charge in [0.2, 0.25) is 11.8 Å². The number of aliphatic imine (C=N–C) groups is 1. The third kappa shape index (κ3) is 6.77. The van der Waals surface area contributed by atoms with Crippen molar-refractivity contribution in [1.82, 2.24) is 10.1 Å². The van der Waals surface area contributed by atoms with Gasteiger partial charge in [-0.1, -0.05) is 60.6 Å². The molecule has 1 unspecified atom stereocenters. The second-order valence-corrected chi connectivity index (χ2v) is 8.05. The molecule has 1 amide bonds. The number of nitrogens with two attached hydrogens (primary N) is 1. The number of hydrogen-bond donors (Lipinski definition) is 2. The molecule has 0 saturated carbocycles. The van der Waals surface area contributed by atoms with E-state index in [2.05, 4.69) is 15.5 Å². The average Bonchev–Trinajstić information content (AvgIpc) is 3.27. The lowest BCUT2D eigenvalue weighted by Gasteiger charge is -2.09. The minimum Gasteiger partial charge on any atom is -0.370 e. The van der Waals surface area contributed by atoms with Gasteiger partial charge in [0, 0.05) is 43.6 Å². The molecule has 8 nitrogen and oxygen atoms in total. The van der Waals surface area contributed by atoms with Crippen molar-refractivity contribution < 1.29 is 14.1 Å². The molecule has 1 atom stereocenters. The van der Waals surface area contributed by atoms with Crippen LogP contribution in [0.1, 0.15) is 46.4 Å². The van der Waals surface area contributed by atoms with E-state index in [-0.39, 0.29) is 36.5 Å². The van der Waals surface area contributed by atoms with Gasteiger partial charge in [-0.3, -0.25) is 19.9 Å². The van der Waals surface area contributed by atoms with Gasteiger partial charge in [0.15, 0.2) is 11.7 Å². The zero-order valence-electron chi connectivity index (χ0n) is 19.1. The summed E-state index contributed by atoms with van der Waals surface area (Å²) in [6.45, 7) is 2.32. The van der Waals surface area contributed by atoms with Crippen LogP contribution in [-0.2, 0) is 11.2 Å². The van der Waals surface area contributed by atoms with Gasteiger partial charge in [-0.25, -0.2) is 0 Å². The number of hydrogen-bond acceptors (Lipinski definition) is 5. The molecular formula is C25H29N5O3. The molecule has 0 fully saturated rings. The first-order valence-electron chi connectivity index (χ1n) is 10.8. The number of benzene rings is 2. The summed E-state index contributed by atoms with van der Waals surface area (Å²) in [7, 11) is 3.39. The van der Waals surface area contributed by atoms with Gasteiger partial charge in [-0.05, 0) is 18.1 Å². The number of anilines is 1. The van der Waals surface area contributed by atoms with Crippen LogP contribution in [0.15, 0.2) is 70.2 Å².